The van der Waals surface area contributed by atoms with Crippen molar-refractivity contribution in [3.63, 3.8) is 0 Å². The predicted molar refractivity (Wildman–Crippen MR) is 70.4 cm³/mol. The van der Waals surface area contributed by atoms with Crippen LogP contribution in [0.2, 0.25) is 0 Å². The van der Waals surface area contributed by atoms with Crippen molar-refractivity contribution in [2.45, 2.75) is 38.8 Å². The number of hydrogen-bond acceptors (Lipinski definition) is 3. The van der Waals surface area contributed by atoms with E-state index in [4.69, 9.17) is 15.2 Å². The SMILES string of the molecule is COc1ccc(CC(N)CCOC(C)C)cc1. The summed E-state index contributed by atoms with van der Waals surface area (Å²) in [5.41, 5.74) is 7.29. The van der Waals surface area contributed by atoms with Crippen molar-refractivity contribution in [3.8, 4) is 5.75 Å². The summed E-state index contributed by atoms with van der Waals surface area (Å²) in [6.45, 7) is 4.80. The summed E-state index contributed by atoms with van der Waals surface area (Å²) < 4.78 is 10.6. The third kappa shape index (κ3) is 5.71. The highest BCUT2D eigenvalue weighted by Gasteiger charge is 2.05. The smallest absolute Gasteiger partial charge is 0.118 e. The molecule has 0 radical (unpaired) electrons. The number of rotatable bonds is 7. The van der Waals surface area contributed by atoms with Gasteiger partial charge < -0.3 is 15.2 Å². The van der Waals surface area contributed by atoms with Gasteiger partial charge in [-0.25, -0.2) is 0 Å². The summed E-state index contributed by atoms with van der Waals surface area (Å²) in [4.78, 5) is 0. The molecule has 0 heterocycles. The molecule has 1 rings (SSSR count). The summed E-state index contributed by atoms with van der Waals surface area (Å²) >= 11 is 0. The molecule has 0 amide bonds. The van der Waals surface area contributed by atoms with Crippen LogP contribution in [0.25, 0.3) is 0 Å². The van der Waals surface area contributed by atoms with Gasteiger partial charge in [0.1, 0.15) is 5.75 Å². The monoisotopic (exact) mass is 237 g/mol. The lowest BCUT2D eigenvalue weighted by atomic mass is 10.0. The highest BCUT2D eigenvalue weighted by atomic mass is 16.5. The summed E-state index contributed by atoms with van der Waals surface area (Å²) in [5, 5.41) is 0. The molecule has 1 aromatic rings. The van der Waals surface area contributed by atoms with Crippen molar-refractivity contribution in [2.75, 3.05) is 13.7 Å². The normalized spacial score (nSPS) is 12.8. The summed E-state index contributed by atoms with van der Waals surface area (Å²) in [6, 6.07) is 8.20. The molecule has 0 saturated carbocycles. The van der Waals surface area contributed by atoms with Crippen LogP contribution in [0.3, 0.4) is 0 Å². The van der Waals surface area contributed by atoms with Crippen molar-refractivity contribution >= 4 is 0 Å². The van der Waals surface area contributed by atoms with Gasteiger partial charge in [-0.3, -0.25) is 0 Å². The van der Waals surface area contributed by atoms with E-state index in [1.807, 2.05) is 26.0 Å². The molecule has 2 N–H and O–H groups in total. The third-order valence-corrected chi connectivity index (χ3v) is 2.60. The third-order valence-electron chi connectivity index (χ3n) is 2.60. The molecule has 0 bridgehead atoms. The van der Waals surface area contributed by atoms with Gasteiger partial charge in [-0.2, -0.15) is 0 Å². The van der Waals surface area contributed by atoms with Crippen LogP contribution in [0.1, 0.15) is 25.8 Å². The molecule has 3 heteroatoms. The zero-order valence-electron chi connectivity index (χ0n) is 11.0. The Hall–Kier alpha value is -1.06. The molecule has 96 valence electrons. The molecule has 1 unspecified atom stereocenters. The molecule has 0 fully saturated rings. The largest absolute Gasteiger partial charge is 0.497 e. The minimum absolute atomic E-state index is 0.155. The molecule has 0 saturated heterocycles. The lowest BCUT2D eigenvalue weighted by molar-refractivity contribution is 0.0737. The van der Waals surface area contributed by atoms with Gasteiger partial charge in [0.2, 0.25) is 0 Å². The maximum absolute atomic E-state index is 6.05. The Labute approximate surface area is 104 Å². The second kappa shape index (κ2) is 7.30. The summed E-state index contributed by atoms with van der Waals surface area (Å²) in [6.07, 6.45) is 2.05. The number of methoxy groups -OCH3 is 1. The summed E-state index contributed by atoms with van der Waals surface area (Å²) in [7, 11) is 1.67. The molecule has 17 heavy (non-hydrogen) atoms. The van der Waals surface area contributed by atoms with E-state index in [1.54, 1.807) is 7.11 Å². The van der Waals surface area contributed by atoms with E-state index in [0.717, 1.165) is 25.2 Å². The first-order chi connectivity index (χ1) is 8.11. The fourth-order valence-electron chi connectivity index (χ4n) is 1.62. The molecular formula is C14H23NO2. The highest BCUT2D eigenvalue weighted by Crippen LogP contribution is 2.13. The average molecular weight is 237 g/mol. The van der Waals surface area contributed by atoms with Gasteiger partial charge in [0.05, 0.1) is 13.2 Å². The second-order valence-corrected chi connectivity index (χ2v) is 4.52. The van der Waals surface area contributed by atoms with Gasteiger partial charge in [0, 0.05) is 12.6 Å². The Kier molecular flexibility index (Phi) is 6.01. The van der Waals surface area contributed by atoms with E-state index in [1.165, 1.54) is 5.56 Å². The van der Waals surface area contributed by atoms with Crippen LogP contribution in [-0.2, 0) is 11.2 Å². The number of benzene rings is 1. The average Bonchev–Trinajstić information content (AvgIpc) is 2.29. The molecule has 0 aliphatic carbocycles. The van der Waals surface area contributed by atoms with Crippen LogP contribution in [0.4, 0.5) is 0 Å². The molecule has 1 aromatic carbocycles. The van der Waals surface area contributed by atoms with Gasteiger partial charge in [-0.05, 0) is 44.4 Å². The Bertz CT molecular complexity index is 309. The van der Waals surface area contributed by atoms with Crippen LogP contribution in [0.15, 0.2) is 24.3 Å². The van der Waals surface area contributed by atoms with Gasteiger partial charge in [0.25, 0.3) is 0 Å². The van der Waals surface area contributed by atoms with E-state index in [0.29, 0.717) is 0 Å². The fraction of sp³-hybridized carbons (Fsp3) is 0.571. The van der Waals surface area contributed by atoms with Gasteiger partial charge in [0.15, 0.2) is 0 Å². The fourth-order valence-corrected chi connectivity index (χ4v) is 1.62. The minimum Gasteiger partial charge on any atom is -0.497 e. The first-order valence-electron chi connectivity index (χ1n) is 6.12. The Balaban J connectivity index is 2.31. The molecule has 0 aliphatic heterocycles. The Morgan fingerprint density at radius 3 is 2.35 bits per heavy atom. The Morgan fingerprint density at radius 1 is 1.18 bits per heavy atom. The van der Waals surface area contributed by atoms with Crippen LogP contribution < -0.4 is 10.5 Å². The maximum Gasteiger partial charge on any atom is 0.118 e. The first kappa shape index (κ1) is 14.0. The van der Waals surface area contributed by atoms with Gasteiger partial charge in [-0.15, -0.1) is 0 Å². The van der Waals surface area contributed by atoms with Crippen molar-refractivity contribution in [1.29, 1.82) is 0 Å². The Morgan fingerprint density at radius 2 is 1.82 bits per heavy atom. The van der Waals surface area contributed by atoms with Crippen molar-refractivity contribution in [3.05, 3.63) is 29.8 Å². The lowest BCUT2D eigenvalue weighted by Gasteiger charge is -2.13. The molecular weight excluding hydrogens is 214 g/mol. The van der Waals surface area contributed by atoms with Crippen molar-refractivity contribution in [2.24, 2.45) is 5.73 Å². The van der Waals surface area contributed by atoms with E-state index in [9.17, 15) is 0 Å². The first-order valence-corrected chi connectivity index (χ1v) is 6.12. The quantitative estimate of drug-likeness (QED) is 0.792. The van der Waals surface area contributed by atoms with Crippen LogP contribution in [0.5, 0.6) is 5.75 Å². The number of ether oxygens (including phenoxy) is 2. The maximum atomic E-state index is 6.05. The molecule has 1 atom stereocenters. The molecule has 3 nitrogen and oxygen atoms in total. The lowest BCUT2D eigenvalue weighted by Crippen LogP contribution is -2.25. The minimum atomic E-state index is 0.155. The molecule has 0 aliphatic rings. The second-order valence-electron chi connectivity index (χ2n) is 4.52. The highest BCUT2D eigenvalue weighted by molar-refractivity contribution is 5.27. The summed E-state index contributed by atoms with van der Waals surface area (Å²) in [5.74, 6) is 0.880. The molecule has 0 aromatic heterocycles. The van der Waals surface area contributed by atoms with E-state index in [-0.39, 0.29) is 12.1 Å². The van der Waals surface area contributed by atoms with E-state index in [2.05, 4.69) is 12.1 Å². The predicted octanol–water partition coefficient (Wildman–Crippen LogP) is 2.38. The number of hydrogen-bond donors (Lipinski definition) is 1. The van der Waals surface area contributed by atoms with Gasteiger partial charge in [-0.1, -0.05) is 12.1 Å². The van der Waals surface area contributed by atoms with Crippen molar-refractivity contribution < 1.29 is 9.47 Å². The van der Waals surface area contributed by atoms with Gasteiger partial charge >= 0.3 is 0 Å². The van der Waals surface area contributed by atoms with Crippen molar-refractivity contribution in [1.82, 2.24) is 0 Å². The number of nitrogens with two attached hydrogens (primary N) is 1. The zero-order valence-corrected chi connectivity index (χ0v) is 11.0. The zero-order chi connectivity index (χ0) is 12.7. The topological polar surface area (TPSA) is 44.5 Å². The van der Waals surface area contributed by atoms with E-state index >= 15 is 0 Å². The standard InChI is InChI=1S/C14H23NO2/c1-11(2)17-9-8-13(15)10-12-4-6-14(16-3)7-5-12/h4-7,11,13H,8-10,15H2,1-3H3. The van der Waals surface area contributed by atoms with Crippen LogP contribution in [0, 0.1) is 0 Å². The van der Waals surface area contributed by atoms with Crippen LogP contribution >= 0.6 is 0 Å². The molecule has 0 spiro atoms. The van der Waals surface area contributed by atoms with E-state index < -0.39 is 0 Å². The van der Waals surface area contributed by atoms with Crippen LogP contribution in [-0.4, -0.2) is 25.9 Å².